The van der Waals surface area contributed by atoms with Gasteiger partial charge in [-0.05, 0) is 56.7 Å². The van der Waals surface area contributed by atoms with Crippen LogP contribution in [0.25, 0.3) is 0 Å². The SMILES string of the molecule is O=C(N1CCOCC1)N1C2CCC1CC(c1cc(CCc3ccc(Cl)s3)[nH]n1)C2. The van der Waals surface area contributed by atoms with Gasteiger partial charge in [0, 0.05) is 41.7 Å². The highest BCUT2D eigenvalue weighted by Gasteiger charge is 2.45. The molecule has 3 saturated heterocycles. The Morgan fingerprint density at radius 3 is 2.66 bits per heavy atom. The zero-order valence-electron chi connectivity index (χ0n) is 16.5. The maximum atomic E-state index is 13.0. The number of nitrogens with one attached hydrogen (secondary N) is 1. The Hall–Kier alpha value is -1.57. The number of aromatic amines is 1. The summed E-state index contributed by atoms with van der Waals surface area (Å²) < 4.78 is 6.25. The highest BCUT2D eigenvalue weighted by atomic mass is 35.5. The van der Waals surface area contributed by atoms with Crippen molar-refractivity contribution in [3.05, 3.63) is 38.8 Å². The number of halogens is 1. The fraction of sp³-hybridized carbons (Fsp3) is 0.619. The number of fused-ring (bicyclic) bond motifs is 2. The maximum absolute atomic E-state index is 13.0. The molecule has 0 saturated carbocycles. The van der Waals surface area contributed by atoms with Crippen LogP contribution in [0, 0.1) is 0 Å². The third-order valence-electron chi connectivity index (χ3n) is 6.57. The number of morpholine rings is 1. The van der Waals surface area contributed by atoms with Crippen LogP contribution in [0.4, 0.5) is 4.79 Å². The Morgan fingerprint density at radius 2 is 1.97 bits per heavy atom. The highest BCUT2D eigenvalue weighted by Crippen LogP contribution is 2.43. The molecule has 0 radical (unpaired) electrons. The summed E-state index contributed by atoms with van der Waals surface area (Å²) in [6.45, 7) is 2.75. The molecule has 2 bridgehead atoms. The average Bonchev–Trinajstić information content (AvgIpc) is 3.44. The summed E-state index contributed by atoms with van der Waals surface area (Å²) in [4.78, 5) is 18.5. The standard InChI is InChI=1S/C21H27ClN4O2S/c22-20-6-5-18(29-20)4-1-15-13-19(24-23-15)14-11-16-2-3-17(12-14)26(16)21(27)25-7-9-28-10-8-25/h5-6,13-14,16-17H,1-4,7-12H2,(H,23,24). The second-order valence-electron chi connectivity index (χ2n) is 8.37. The van der Waals surface area contributed by atoms with Crippen molar-refractivity contribution < 1.29 is 9.53 Å². The number of aryl methyl sites for hydroxylation is 2. The van der Waals surface area contributed by atoms with Gasteiger partial charge < -0.3 is 14.5 Å². The predicted molar refractivity (Wildman–Crippen MR) is 114 cm³/mol. The molecule has 0 aromatic carbocycles. The molecule has 6 nitrogen and oxygen atoms in total. The van der Waals surface area contributed by atoms with Crippen LogP contribution in [0.2, 0.25) is 4.34 Å². The topological polar surface area (TPSA) is 61.5 Å². The predicted octanol–water partition coefficient (Wildman–Crippen LogP) is 4.07. The third kappa shape index (κ3) is 4.05. The van der Waals surface area contributed by atoms with Crippen molar-refractivity contribution in [2.45, 2.75) is 56.5 Å². The molecule has 2 amide bonds. The number of hydrogen-bond donors (Lipinski definition) is 1. The van der Waals surface area contributed by atoms with Gasteiger partial charge in [-0.2, -0.15) is 5.10 Å². The lowest BCUT2D eigenvalue weighted by atomic mass is 9.88. The highest BCUT2D eigenvalue weighted by molar-refractivity contribution is 7.16. The van der Waals surface area contributed by atoms with E-state index in [-0.39, 0.29) is 6.03 Å². The molecule has 3 aliphatic rings. The molecule has 0 aliphatic carbocycles. The molecule has 2 unspecified atom stereocenters. The van der Waals surface area contributed by atoms with Crippen molar-refractivity contribution in [2.75, 3.05) is 26.3 Å². The van der Waals surface area contributed by atoms with Crippen LogP contribution in [0.1, 0.15) is 47.9 Å². The number of nitrogens with zero attached hydrogens (tertiary/aromatic N) is 3. The number of carbonyl (C=O) groups excluding carboxylic acids is 1. The largest absolute Gasteiger partial charge is 0.378 e. The number of aromatic nitrogens is 2. The van der Waals surface area contributed by atoms with Gasteiger partial charge in [-0.15, -0.1) is 11.3 Å². The zero-order chi connectivity index (χ0) is 19.8. The van der Waals surface area contributed by atoms with Gasteiger partial charge in [0.2, 0.25) is 0 Å². The van der Waals surface area contributed by atoms with Crippen molar-refractivity contribution >= 4 is 29.0 Å². The van der Waals surface area contributed by atoms with Crippen LogP contribution >= 0.6 is 22.9 Å². The van der Waals surface area contributed by atoms with Gasteiger partial charge in [-0.3, -0.25) is 5.10 Å². The summed E-state index contributed by atoms with van der Waals surface area (Å²) >= 11 is 7.67. The van der Waals surface area contributed by atoms with Crippen LogP contribution in [0.3, 0.4) is 0 Å². The Kier molecular flexibility index (Phi) is 5.54. The minimum absolute atomic E-state index is 0.219. The molecule has 29 heavy (non-hydrogen) atoms. The minimum Gasteiger partial charge on any atom is -0.378 e. The van der Waals surface area contributed by atoms with E-state index in [9.17, 15) is 4.79 Å². The van der Waals surface area contributed by atoms with Gasteiger partial charge in [0.05, 0.1) is 23.2 Å². The number of thiophene rings is 1. The van der Waals surface area contributed by atoms with Crippen molar-refractivity contribution in [1.82, 2.24) is 20.0 Å². The molecule has 156 valence electrons. The molecule has 8 heteroatoms. The monoisotopic (exact) mass is 434 g/mol. The second-order valence-corrected chi connectivity index (χ2v) is 10.2. The summed E-state index contributed by atoms with van der Waals surface area (Å²) in [5.41, 5.74) is 2.35. The minimum atomic E-state index is 0.219. The van der Waals surface area contributed by atoms with Crippen LogP contribution in [-0.4, -0.2) is 64.4 Å². The van der Waals surface area contributed by atoms with Gasteiger partial charge >= 0.3 is 6.03 Å². The van der Waals surface area contributed by atoms with E-state index >= 15 is 0 Å². The number of carbonyl (C=O) groups is 1. The van der Waals surface area contributed by atoms with Crippen molar-refractivity contribution in [3.8, 4) is 0 Å². The van der Waals surface area contributed by atoms with Crippen molar-refractivity contribution in [1.29, 1.82) is 0 Å². The Morgan fingerprint density at radius 1 is 1.21 bits per heavy atom. The number of urea groups is 1. The van der Waals surface area contributed by atoms with Gasteiger partial charge in [0.1, 0.15) is 0 Å². The number of amides is 2. The number of piperidine rings is 1. The van der Waals surface area contributed by atoms with Gasteiger partial charge in [0.25, 0.3) is 0 Å². The fourth-order valence-electron chi connectivity index (χ4n) is 5.11. The molecule has 2 aromatic rings. The molecular formula is C21H27ClN4O2S. The molecule has 2 atom stereocenters. The van der Waals surface area contributed by atoms with E-state index in [4.69, 9.17) is 16.3 Å². The van der Waals surface area contributed by atoms with E-state index in [1.54, 1.807) is 11.3 Å². The number of H-pyrrole nitrogens is 1. The van der Waals surface area contributed by atoms with Gasteiger partial charge in [-0.1, -0.05) is 11.6 Å². The third-order valence-corrected chi connectivity index (χ3v) is 7.87. The molecule has 5 heterocycles. The smallest absolute Gasteiger partial charge is 0.320 e. The van der Waals surface area contributed by atoms with E-state index in [2.05, 4.69) is 27.2 Å². The molecule has 1 N–H and O–H groups in total. The molecule has 0 spiro atoms. The van der Waals surface area contributed by atoms with Crippen LogP contribution in [0.5, 0.6) is 0 Å². The fourth-order valence-corrected chi connectivity index (χ4v) is 6.20. The normalized spacial score (nSPS) is 26.9. The average molecular weight is 435 g/mol. The number of hydrogen-bond acceptors (Lipinski definition) is 4. The summed E-state index contributed by atoms with van der Waals surface area (Å²) in [6.07, 6.45) is 6.22. The first-order chi connectivity index (χ1) is 14.2. The van der Waals surface area contributed by atoms with Gasteiger partial charge in [0.15, 0.2) is 0 Å². The molecular weight excluding hydrogens is 408 g/mol. The number of rotatable bonds is 4. The van der Waals surface area contributed by atoms with E-state index in [1.165, 1.54) is 16.3 Å². The molecule has 3 fully saturated rings. The Balaban J connectivity index is 1.21. The summed E-state index contributed by atoms with van der Waals surface area (Å²) in [7, 11) is 0. The first-order valence-electron chi connectivity index (χ1n) is 10.6. The summed E-state index contributed by atoms with van der Waals surface area (Å²) in [5.74, 6) is 0.447. The molecule has 5 rings (SSSR count). The lowest BCUT2D eigenvalue weighted by Gasteiger charge is -2.41. The van der Waals surface area contributed by atoms with Crippen molar-refractivity contribution in [2.24, 2.45) is 0 Å². The van der Waals surface area contributed by atoms with E-state index in [1.807, 2.05) is 11.0 Å². The molecule has 3 aliphatic heterocycles. The summed E-state index contributed by atoms with van der Waals surface area (Å²) in [6, 6.07) is 7.21. The van der Waals surface area contributed by atoms with Crippen LogP contribution in [-0.2, 0) is 17.6 Å². The Bertz CT molecular complexity index is 848. The lowest BCUT2D eigenvalue weighted by Crippen LogP contribution is -2.54. The lowest BCUT2D eigenvalue weighted by molar-refractivity contribution is 0.0330. The van der Waals surface area contributed by atoms with E-state index < -0.39 is 0 Å². The number of ether oxygens (including phenoxy) is 1. The Labute approximate surface area is 180 Å². The second kappa shape index (κ2) is 8.28. The first-order valence-corrected chi connectivity index (χ1v) is 11.8. The summed E-state index contributed by atoms with van der Waals surface area (Å²) in [5, 5.41) is 7.87. The van der Waals surface area contributed by atoms with Crippen LogP contribution < -0.4 is 0 Å². The first kappa shape index (κ1) is 19.4. The zero-order valence-corrected chi connectivity index (χ0v) is 18.1. The van der Waals surface area contributed by atoms with Gasteiger partial charge in [-0.25, -0.2) is 4.79 Å². The van der Waals surface area contributed by atoms with E-state index in [0.29, 0.717) is 31.2 Å². The van der Waals surface area contributed by atoms with E-state index in [0.717, 1.165) is 56.0 Å². The van der Waals surface area contributed by atoms with Crippen LogP contribution in [0.15, 0.2) is 18.2 Å². The molecule has 2 aromatic heterocycles. The quantitative estimate of drug-likeness (QED) is 0.788. The maximum Gasteiger partial charge on any atom is 0.320 e. The van der Waals surface area contributed by atoms with Crippen molar-refractivity contribution in [3.63, 3.8) is 0 Å².